The smallest absolute Gasteiger partial charge is 0.410 e. The predicted octanol–water partition coefficient (Wildman–Crippen LogP) is 3.03. The van der Waals surface area contributed by atoms with Gasteiger partial charge in [0, 0.05) is 18.8 Å². The highest BCUT2D eigenvalue weighted by Gasteiger charge is 2.30. The Morgan fingerprint density at radius 2 is 1.81 bits per heavy atom. The van der Waals surface area contributed by atoms with E-state index in [-0.39, 0.29) is 48.1 Å². The third kappa shape index (κ3) is 6.76. The summed E-state index contributed by atoms with van der Waals surface area (Å²) < 4.78 is 23.8. The van der Waals surface area contributed by atoms with E-state index >= 15 is 0 Å². The molecule has 10 nitrogen and oxygen atoms in total. The first-order chi connectivity index (χ1) is 15.1. The van der Waals surface area contributed by atoms with Gasteiger partial charge in [-0.1, -0.05) is 0 Å². The predicted molar refractivity (Wildman–Crippen MR) is 114 cm³/mol. The van der Waals surface area contributed by atoms with Crippen LogP contribution >= 0.6 is 0 Å². The number of nitrogen functional groups attached to an aromatic ring is 1. The molecule has 11 heteroatoms. The van der Waals surface area contributed by atoms with Crippen LogP contribution in [0.1, 0.15) is 39.4 Å². The number of hydrogen-bond donors (Lipinski definition) is 2. The number of nitrogens with one attached hydrogen (secondary N) is 1. The molecule has 2 aromatic rings. The molecular weight excluding hydrogens is 419 g/mol. The second kappa shape index (κ2) is 9.75. The van der Waals surface area contributed by atoms with Crippen LogP contribution in [-0.4, -0.2) is 50.6 Å². The number of carbonyl (C=O) groups is 2. The third-order valence-electron chi connectivity index (χ3n) is 4.62. The lowest BCUT2D eigenvalue weighted by molar-refractivity contribution is -0.151. The summed E-state index contributed by atoms with van der Waals surface area (Å²) in [7, 11) is 0. The number of aromatic nitrogens is 3. The Hall–Kier alpha value is -3.50. The van der Waals surface area contributed by atoms with Crippen LogP contribution in [0.5, 0.6) is 0 Å². The standard InChI is InChI=1S/C21H27FN6O4/c1-21(2,3)32-20(30)28-10-8-13(9-11-28)17(29)31-12-16-25-18(23)27-19(26-16)24-15-6-4-14(22)5-7-15/h4-7,13H,8-12H2,1-3H3,(H3,23,24,25,26,27). The Morgan fingerprint density at radius 3 is 2.44 bits per heavy atom. The largest absolute Gasteiger partial charge is 0.457 e. The molecule has 1 aromatic heterocycles. The van der Waals surface area contributed by atoms with Crippen molar-refractivity contribution in [1.29, 1.82) is 0 Å². The Bertz CT molecular complexity index is 956. The van der Waals surface area contributed by atoms with Gasteiger partial charge in [0.2, 0.25) is 11.9 Å². The van der Waals surface area contributed by atoms with Gasteiger partial charge >= 0.3 is 12.1 Å². The number of piperidine rings is 1. The van der Waals surface area contributed by atoms with Crippen molar-refractivity contribution in [2.75, 3.05) is 24.1 Å². The molecule has 0 bridgehead atoms. The summed E-state index contributed by atoms with van der Waals surface area (Å²) in [6.45, 7) is 6.09. The van der Waals surface area contributed by atoms with Gasteiger partial charge in [-0.05, 0) is 57.9 Å². The lowest BCUT2D eigenvalue weighted by atomic mass is 9.97. The molecule has 1 amide bonds. The van der Waals surface area contributed by atoms with Crippen LogP contribution in [0.15, 0.2) is 24.3 Å². The van der Waals surface area contributed by atoms with Crippen LogP contribution in [0.2, 0.25) is 0 Å². The zero-order valence-corrected chi connectivity index (χ0v) is 18.3. The minimum Gasteiger partial charge on any atom is -0.457 e. The highest BCUT2D eigenvalue weighted by Crippen LogP contribution is 2.21. The molecule has 0 saturated carbocycles. The van der Waals surface area contributed by atoms with E-state index in [0.29, 0.717) is 31.6 Å². The number of likely N-dealkylation sites (tertiary alicyclic amines) is 1. The van der Waals surface area contributed by atoms with Crippen molar-refractivity contribution >= 4 is 29.6 Å². The van der Waals surface area contributed by atoms with Gasteiger partial charge in [0.1, 0.15) is 11.4 Å². The average Bonchev–Trinajstić information content (AvgIpc) is 2.72. The Kier molecular flexibility index (Phi) is 7.06. The quantitative estimate of drug-likeness (QED) is 0.665. The number of esters is 1. The number of hydrogen-bond acceptors (Lipinski definition) is 9. The molecular formula is C21H27FN6O4. The molecule has 0 radical (unpaired) electrons. The number of ether oxygens (including phenoxy) is 2. The SMILES string of the molecule is CC(C)(C)OC(=O)N1CCC(C(=O)OCc2nc(N)nc(Nc3ccc(F)cc3)n2)CC1. The van der Waals surface area contributed by atoms with Crippen molar-refractivity contribution in [2.45, 2.75) is 45.8 Å². The average molecular weight is 446 g/mol. The molecule has 3 N–H and O–H groups in total. The number of nitrogens with two attached hydrogens (primary N) is 1. The van der Waals surface area contributed by atoms with Crippen molar-refractivity contribution < 1.29 is 23.5 Å². The maximum atomic E-state index is 13.0. The van der Waals surface area contributed by atoms with Gasteiger partial charge in [-0.2, -0.15) is 15.0 Å². The van der Waals surface area contributed by atoms with Crippen molar-refractivity contribution in [2.24, 2.45) is 5.92 Å². The highest BCUT2D eigenvalue weighted by atomic mass is 19.1. The zero-order valence-electron chi connectivity index (χ0n) is 18.3. The molecule has 0 unspecified atom stereocenters. The molecule has 0 atom stereocenters. The lowest BCUT2D eigenvalue weighted by Crippen LogP contribution is -2.43. The summed E-state index contributed by atoms with van der Waals surface area (Å²) in [5.41, 5.74) is 5.72. The van der Waals surface area contributed by atoms with E-state index < -0.39 is 5.60 Å². The van der Waals surface area contributed by atoms with Gasteiger partial charge in [-0.25, -0.2) is 9.18 Å². The fourth-order valence-electron chi connectivity index (χ4n) is 3.10. The molecule has 1 aliphatic rings. The van der Waals surface area contributed by atoms with Crippen molar-refractivity contribution in [1.82, 2.24) is 19.9 Å². The number of nitrogens with zero attached hydrogens (tertiary/aromatic N) is 4. The Labute approximate surface area is 185 Å². The zero-order chi connectivity index (χ0) is 23.3. The van der Waals surface area contributed by atoms with Gasteiger partial charge in [0.05, 0.1) is 5.92 Å². The molecule has 2 heterocycles. The van der Waals surface area contributed by atoms with E-state index in [2.05, 4.69) is 20.3 Å². The third-order valence-corrected chi connectivity index (χ3v) is 4.62. The van der Waals surface area contributed by atoms with Crippen LogP contribution < -0.4 is 11.1 Å². The van der Waals surface area contributed by atoms with Gasteiger partial charge in [0.25, 0.3) is 0 Å². The number of rotatable bonds is 5. The van der Waals surface area contributed by atoms with Gasteiger partial charge in [0.15, 0.2) is 12.4 Å². The van der Waals surface area contributed by atoms with Crippen molar-refractivity contribution in [3.05, 3.63) is 35.9 Å². The van der Waals surface area contributed by atoms with E-state index in [0.717, 1.165) is 0 Å². The monoisotopic (exact) mass is 446 g/mol. The first-order valence-corrected chi connectivity index (χ1v) is 10.3. The van der Waals surface area contributed by atoms with Crippen LogP contribution in [0, 0.1) is 11.7 Å². The number of amides is 1. The molecule has 1 saturated heterocycles. The topological polar surface area (TPSA) is 133 Å². The second-order valence-corrected chi connectivity index (χ2v) is 8.41. The van der Waals surface area contributed by atoms with Gasteiger partial charge in [-0.3, -0.25) is 4.79 Å². The van der Waals surface area contributed by atoms with E-state index in [4.69, 9.17) is 15.2 Å². The first kappa shape index (κ1) is 23.2. The minimum absolute atomic E-state index is 0.0404. The van der Waals surface area contributed by atoms with Crippen LogP contribution in [0.3, 0.4) is 0 Å². The summed E-state index contributed by atoms with van der Waals surface area (Å²) in [5.74, 6) is -0.787. The first-order valence-electron chi connectivity index (χ1n) is 10.3. The van der Waals surface area contributed by atoms with Gasteiger partial charge < -0.3 is 25.4 Å². The normalized spacial score (nSPS) is 14.7. The van der Waals surface area contributed by atoms with E-state index in [9.17, 15) is 14.0 Å². The van der Waals surface area contributed by atoms with Crippen molar-refractivity contribution in [3.63, 3.8) is 0 Å². The fraction of sp³-hybridized carbons (Fsp3) is 0.476. The summed E-state index contributed by atoms with van der Waals surface area (Å²) in [4.78, 5) is 38.3. The maximum absolute atomic E-state index is 13.0. The molecule has 0 aliphatic carbocycles. The molecule has 172 valence electrons. The maximum Gasteiger partial charge on any atom is 0.410 e. The van der Waals surface area contributed by atoms with Crippen LogP contribution in [0.4, 0.5) is 26.8 Å². The summed E-state index contributed by atoms with van der Waals surface area (Å²) in [6.07, 6.45) is 0.579. The van der Waals surface area contributed by atoms with E-state index in [1.54, 1.807) is 4.90 Å². The van der Waals surface area contributed by atoms with Crippen LogP contribution in [-0.2, 0) is 20.9 Å². The molecule has 1 fully saturated rings. The highest BCUT2D eigenvalue weighted by molar-refractivity contribution is 5.73. The minimum atomic E-state index is -0.566. The summed E-state index contributed by atoms with van der Waals surface area (Å²) in [5, 5.41) is 2.90. The molecule has 1 aromatic carbocycles. The molecule has 1 aliphatic heterocycles. The van der Waals surface area contributed by atoms with E-state index in [1.807, 2.05) is 20.8 Å². The number of benzene rings is 1. The Morgan fingerprint density at radius 1 is 1.16 bits per heavy atom. The number of carbonyl (C=O) groups excluding carboxylic acids is 2. The van der Waals surface area contributed by atoms with Gasteiger partial charge in [-0.15, -0.1) is 0 Å². The molecule has 0 spiro atoms. The number of anilines is 3. The van der Waals surface area contributed by atoms with E-state index in [1.165, 1.54) is 24.3 Å². The molecule has 32 heavy (non-hydrogen) atoms. The number of halogens is 1. The van der Waals surface area contributed by atoms with Crippen molar-refractivity contribution in [3.8, 4) is 0 Å². The second-order valence-electron chi connectivity index (χ2n) is 8.41. The fourth-order valence-corrected chi connectivity index (χ4v) is 3.10. The Balaban J connectivity index is 1.51. The molecule has 3 rings (SSSR count). The lowest BCUT2D eigenvalue weighted by Gasteiger charge is -2.32. The summed E-state index contributed by atoms with van der Waals surface area (Å²) in [6, 6.07) is 5.64. The summed E-state index contributed by atoms with van der Waals surface area (Å²) >= 11 is 0. The van der Waals surface area contributed by atoms with Crippen LogP contribution in [0.25, 0.3) is 0 Å².